The highest BCUT2D eigenvalue weighted by atomic mass is 31.2. The molecule has 0 saturated carbocycles. The Hall–Kier alpha value is -1.51. The second-order valence-corrected chi connectivity index (χ2v) is 26.8. The van der Waals surface area contributed by atoms with Gasteiger partial charge in [0.25, 0.3) is 7.82 Å². The summed E-state index contributed by atoms with van der Waals surface area (Å²) in [4.78, 5) is 40.1. The number of carbonyl (C=O) groups excluding carboxylic acids is 2. The van der Waals surface area contributed by atoms with Crippen LogP contribution < -0.4 is 10.2 Å². The molecule has 0 aromatic carbocycles. The molecular weight excluding hydrogens is 1010 g/mol. The number of amides is 1. The zero-order chi connectivity index (χ0) is 58.6. The zero-order valence-corrected chi connectivity index (χ0v) is 55.2. The van der Waals surface area contributed by atoms with Gasteiger partial charge in [-0.25, -0.2) is 0 Å². The van der Waals surface area contributed by atoms with Crippen LogP contribution in [-0.2, 0) is 27.9 Å². The maximum Gasteiger partial charge on any atom is 0.306 e. The number of rotatable bonds is 65. The number of unbranched alkanes of at least 4 members (excludes halogenated alkanes) is 47. The molecule has 3 unspecified atom stereocenters. The van der Waals surface area contributed by atoms with Crippen LogP contribution in [0.3, 0.4) is 0 Å². The van der Waals surface area contributed by atoms with Crippen molar-refractivity contribution in [2.24, 2.45) is 0 Å². The number of nitrogens with one attached hydrogen (secondary N) is 1. The van der Waals surface area contributed by atoms with Gasteiger partial charge >= 0.3 is 5.97 Å². The highest BCUT2D eigenvalue weighted by molar-refractivity contribution is 7.45. The second-order valence-electron chi connectivity index (χ2n) is 25.4. The van der Waals surface area contributed by atoms with Gasteiger partial charge in [0, 0.05) is 12.8 Å². The SMILES string of the molecule is CCCCCCCC/C=C/CCCCCCCCCCCCCCCC(=O)NC(COP(=O)([O-])OCC[N+](C)(C)C)C(/C=C/CCCCCCCCCCCC)OC(=O)CCCCCCCCCCCCCCCCCCCCC. The molecular formula is C70H137N2O7P. The first-order chi connectivity index (χ1) is 38.9. The number of esters is 1. The summed E-state index contributed by atoms with van der Waals surface area (Å²) < 4.78 is 30.4. The van der Waals surface area contributed by atoms with Crippen LogP contribution >= 0.6 is 7.82 Å². The van der Waals surface area contributed by atoms with Crippen molar-refractivity contribution in [3.63, 3.8) is 0 Å². The molecule has 0 radical (unpaired) electrons. The molecule has 10 heteroatoms. The largest absolute Gasteiger partial charge is 0.756 e. The molecule has 0 aliphatic carbocycles. The maximum absolute atomic E-state index is 13.6. The van der Waals surface area contributed by atoms with Crippen LogP contribution in [0.5, 0.6) is 0 Å². The number of likely N-dealkylation sites (N-methyl/N-ethyl adjacent to an activating group) is 1. The number of phosphoric acid groups is 1. The summed E-state index contributed by atoms with van der Waals surface area (Å²) in [6.45, 7) is 6.91. The highest BCUT2D eigenvalue weighted by Crippen LogP contribution is 2.38. The minimum Gasteiger partial charge on any atom is -0.756 e. The molecule has 0 fully saturated rings. The third-order valence-corrected chi connectivity index (χ3v) is 17.1. The van der Waals surface area contributed by atoms with Crippen molar-refractivity contribution in [2.75, 3.05) is 40.9 Å². The minimum atomic E-state index is -4.70. The van der Waals surface area contributed by atoms with Crippen molar-refractivity contribution in [2.45, 2.75) is 373 Å². The number of ether oxygens (including phenoxy) is 1. The Morgan fingerprint density at radius 1 is 0.425 bits per heavy atom. The number of quaternary nitrogens is 1. The Kier molecular flexibility index (Phi) is 59.5. The van der Waals surface area contributed by atoms with E-state index in [-0.39, 0.29) is 31.5 Å². The highest BCUT2D eigenvalue weighted by Gasteiger charge is 2.27. The lowest BCUT2D eigenvalue weighted by Crippen LogP contribution is -2.47. The molecule has 9 nitrogen and oxygen atoms in total. The lowest BCUT2D eigenvalue weighted by Gasteiger charge is -2.30. The third-order valence-electron chi connectivity index (χ3n) is 16.1. The molecule has 1 N–H and O–H groups in total. The van der Waals surface area contributed by atoms with E-state index >= 15 is 0 Å². The quantitative estimate of drug-likeness (QED) is 0.0212. The lowest BCUT2D eigenvalue weighted by atomic mass is 10.0. The van der Waals surface area contributed by atoms with Crippen molar-refractivity contribution in [1.82, 2.24) is 5.32 Å². The van der Waals surface area contributed by atoms with E-state index in [1.54, 1.807) is 0 Å². The molecule has 0 heterocycles. The van der Waals surface area contributed by atoms with Crippen molar-refractivity contribution in [3.05, 3.63) is 24.3 Å². The molecule has 0 saturated heterocycles. The molecule has 0 bridgehead atoms. The van der Waals surface area contributed by atoms with Gasteiger partial charge in [0.15, 0.2) is 0 Å². The molecule has 3 atom stereocenters. The molecule has 0 aromatic heterocycles. The van der Waals surface area contributed by atoms with E-state index in [9.17, 15) is 19.0 Å². The summed E-state index contributed by atoms with van der Waals surface area (Å²) in [5, 5.41) is 3.05. The van der Waals surface area contributed by atoms with Gasteiger partial charge in [-0.15, -0.1) is 0 Å². The van der Waals surface area contributed by atoms with Crippen LogP contribution in [0, 0.1) is 0 Å². The third kappa shape index (κ3) is 61.1. The normalized spacial score (nSPS) is 13.6. The van der Waals surface area contributed by atoms with Crippen molar-refractivity contribution >= 4 is 19.7 Å². The minimum absolute atomic E-state index is 0.0181. The molecule has 0 spiro atoms. The van der Waals surface area contributed by atoms with Gasteiger partial charge in [-0.2, -0.15) is 0 Å². The average Bonchev–Trinajstić information content (AvgIpc) is 3.42. The number of allylic oxidation sites excluding steroid dienone is 3. The van der Waals surface area contributed by atoms with E-state index in [0.717, 1.165) is 57.8 Å². The number of nitrogens with zero attached hydrogens (tertiary/aromatic N) is 1. The van der Waals surface area contributed by atoms with Gasteiger partial charge in [-0.05, 0) is 57.4 Å². The second kappa shape index (κ2) is 60.6. The number of hydrogen-bond donors (Lipinski definition) is 1. The zero-order valence-electron chi connectivity index (χ0n) is 54.3. The van der Waals surface area contributed by atoms with E-state index in [2.05, 4.69) is 38.2 Å². The van der Waals surface area contributed by atoms with E-state index in [1.807, 2.05) is 33.3 Å². The topological polar surface area (TPSA) is 114 Å². The van der Waals surface area contributed by atoms with Crippen LogP contribution in [0.1, 0.15) is 361 Å². The van der Waals surface area contributed by atoms with Crippen LogP contribution in [0.2, 0.25) is 0 Å². The van der Waals surface area contributed by atoms with Gasteiger partial charge in [0.2, 0.25) is 5.91 Å². The maximum atomic E-state index is 13.6. The number of phosphoric ester groups is 1. The standard InChI is InChI=1S/C70H137N2O7P/c1-7-10-13-16-19-22-25-28-30-32-34-35-36-37-39-40-42-44-47-50-53-56-59-62-69(73)71-67(66-78-80(75,76)77-65-64-72(4,5)6)68(61-58-55-52-49-46-27-24-21-18-15-12-9-3)79-70(74)63-60-57-54-51-48-45-43-41-38-33-31-29-26-23-20-17-14-11-8-2/h28,30,58,61,67-68H,7-27,29,31-57,59-60,62-66H2,1-6H3,(H-,71,73,75,76)/b30-28+,61-58+. The first-order valence-corrected chi connectivity index (χ1v) is 36.6. The summed E-state index contributed by atoms with van der Waals surface area (Å²) in [5.74, 6) is -0.518. The van der Waals surface area contributed by atoms with Gasteiger partial charge in [-0.3, -0.25) is 14.2 Å². The van der Waals surface area contributed by atoms with Crippen molar-refractivity contribution in [3.8, 4) is 0 Å². The molecule has 474 valence electrons. The Morgan fingerprint density at radius 2 is 0.725 bits per heavy atom. The fourth-order valence-electron chi connectivity index (χ4n) is 10.7. The van der Waals surface area contributed by atoms with Crippen LogP contribution in [-0.4, -0.2) is 69.4 Å². The van der Waals surface area contributed by atoms with Gasteiger partial charge in [0.05, 0.1) is 33.8 Å². The number of hydrogen-bond acceptors (Lipinski definition) is 7. The van der Waals surface area contributed by atoms with Crippen LogP contribution in [0.15, 0.2) is 24.3 Å². The molecule has 0 aliphatic heterocycles. The monoisotopic (exact) mass is 1150 g/mol. The molecule has 0 aliphatic rings. The molecule has 1 amide bonds. The Bertz CT molecular complexity index is 1420. The molecule has 0 rings (SSSR count). The molecule has 80 heavy (non-hydrogen) atoms. The lowest BCUT2D eigenvalue weighted by molar-refractivity contribution is -0.870. The van der Waals surface area contributed by atoms with Gasteiger partial charge in [-0.1, -0.05) is 315 Å². The predicted molar refractivity (Wildman–Crippen MR) is 344 cm³/mol. The Balaban J connectivity index is 5.06. The van der Waals surface area contributed by atoms with Gasteiger partial charge in [0.1, 0.15) is 19.3 Å². The average molecular weight is 1150 g/mol. The summed E-state index contributed by atoms with van der Waals surface area (Å²) >= 11 is 0. The summed E-state index contributed by atoms with van der Waals surface area (Å²) in [6, 6.07) is -0.883. The first kappa shape index (κ1) is 78.5. The fraction of sp³-hybridized carbons (Fsp3) is 0.914. The smallest absolute Gasteiger partial charge is 0.306 e. The number of carbonyl (C=O) groups is 2. The van der Waals surface area contributed by atoms with E-state index in [4.69, 9.17) is 13.8 Å². The van der Waals surface area contributed by atoms with Crippen LogP contribution in [0.4, 0.5) is 0 Å². The summed E-state index contributed by atoms with van der Waals surface area (Å²) in [6.07, 6.45) is 73.0. The first-order valence-electron chi connectivity index (χ1n) is 35.1. The summed E-state index contributed by atoms with van der Waals surface area (Å²) in [5.41, 5.74) is 0. The summed E-state index contributed by atoms with van der Waals surface area (Å²) in [7, 11) is 1.21. The predicted octanol–water partition coefficient (Wildman–Crippen LogP) is 21.4. The fourth-order valence-corrected chi connectivity index (χ4v) is 11.4. The Morgan fingerprint density at radius 3 is 1.06 bits per heavy atom. The van der Waals surface area contributed by atoms with Crippen molar-refractivity contribution < 1.29 is 37.3 Å². The van der Waals surface area contributed by atoms with Crippen molar-refractivity contribution in [1.29, 1.82) is 0 Å². The van der Waals surface area contributed by atoms with E-state index in [1.165, 1.54) is 270 Å². The van der Waals surface area contributed by atoms with Crippen LogP contribution in [0.25, 0.3) is 0 Å². The molecule has 0 aromatic rings. The van der Waals surface area contributed by atoms with E-state index < -0.39 is 20.0 Å². The van der Waals surface area contributed by atoms with Gasteiger partial charge < -0.3 is 28.5 Å². The van der Waals surface area contributed by atoms with E-state index in [0.29, 0.717) is 17.4 Å². The Labute approximate surface area is 498 Å².